The molecule has 15 heavy (non-hydrogen) atoms. The van der Waals surface area contributed by atoms with E-state index in [4.69, 9.17) is 10.4 Å². The second-order valence-corrected chi connectivity index (χ2v) is 5.29. The van der Waals surface area contributed by atoms with Crippen LogP contribution < -0.4 is 5.32 Å². The highest BCUT2D eigenvalue weighted by molar-refractivity contribution is 9.10. The van der Waals surface area contributed by atoms with Crippen LogP contribution in [0.5, 0.6) is 0 Å². The molecular formula is C10H13BrN2OS. The Kier molecular flexibility index (Phi) is 5.26. The molecule has 0 fully saturated rings. The third-order valence-corrected chi connectivity index (χ3v) is 4.17. The van der Waals surface area contributed by atoms with Gasteiger partial charge >= 0.3 is 0 Å². The van der Waals surface area contributed by atoms with Crippen LogP contribution in [-0.2, 0) is 0 Å². The smallest absolute Gasteiger partial charge is 0.130 e. The molecule has 0 spiro atoms. The van der Waals surface area contributed by atoms with Gasteiger partial charge in [-0.05, 0) is 41.9 Å². The number of rotatable bonds is 5. The first-order valence-electron chi connectivity index (χ1n) is 4.68. The van der Waals surface area contributed by atoms with Crippen molar-refractivity contribution in [2.75, 3.05) is 13.2 Å². The zero-order valence-electron chi connectivity index (χ0n) is 8.46. The Bertz CT molecular complexity index is 339. The largest absolute Gasteiger partial charge is 0.396 e. The highest BCUT2D eigenvalue weighted by atomic mass is 79.9. The molecule has 3 nitrogen and oxygen atoms in total. The maximum atomic E-state index is 9.00. The Hall–Kier alpha value is -0.410. The summed E-state index contributed by atoms with van der Waals surface area (Å²) < 4.78 is 1.05. The molecule has 0 saturated carbocycles. The summed E-state index contributed by atoms with van der Waals surface area (Å²) in [6, 6.07) is 3.91. The zero-order chi connectivity index (χ0) is 11.3. The summed E-state index contributed by atoms with van der Waals surface area (Å²) in [5, 5.41) is 20.7. The normalized spacial score (nSPS) is 12.4. The van der Waals surface area contributed by atoms with Gasteiger partial charge in [0.1, 0.15) is 6.04 Å². The number of aliphatic hydroxyl groups is 1. The van der Waals surface area contributed by atoms with Gasteiger partial charge in [-0.3, -0.25) is 5.32 Å². The van der Waals surface area contributed by atoms with Crippen molar-refractivity contribution in [2.45, 2.75) is 19.4 Å². The first-order valence-corrected chi connectivity index (χ1v) is 6.29. The summed E-state index contributed by atoms with van der Waals surface area (Å²) in [7, 11) is 0. The van der Waals surface area contributed by atoms with E-state index < -0.39 is 0 Å². The monoisotopic (exact) mass is 288 g/mol. The Balaban J connectivity index is 2.63. The molecular weight excluding hydrogens is 276 g/mol. The molecule has 0 aliphatic carbocycles. The first-order chi connectivity index (χ1) is 7.19. The van der Waals surface area contributed by atoms with Gasteiger partial charge in [-0.2, -0.15) is 5.26 Å². The molecule has 0 aromatic carbocycles. The summed E-state index contributed by atoms with van der Waals surface area (Å²) in [5.74, 6) is 0. The summed E-state index contributed by atoms with van der Waals surface area (Å²) in [6.07, 6.45) is 0.670. The van der Waals surface area contributed by atoms with Crippen LogP contribution in [0.1, 0.15) is 22.2 Å². The molecule has 0 aliphatic heterocycles. The molecule has 1 rings (SSSR count). The van der Waals surface area contributed by atoms with Crippen LogP contribution in [0.3, 0.4) is 0 Å². The van der Waals surface area contributed by atoms with Crippen molar-refractivity contribution in [3.05, 3.63) is 20.3 Å². The van der Waals surface area contributed by atoms with Gasteiger partial charge in [0.05, 0.1) is 6.07 Å². The van der Waals surface area contributed by atoms with Gasteiger partial charge in [0.25, 0.3) is 0 Å². The van der Waals surface area contributed by atoms with Crippen LogP contribution in [0.15, 0.2) is 10.5 Å². The lowest BCUT2D eigenvalue weighted by Crippen LogP contribution is -2.20. The molecule has 5 heteroatoms. The lowest BCUT2D eigenvalue weighted by Gasteiger charge is -2.08. The van der Waals surface area contributed by atoms with Crippen molar-refractivity contribution in [3.8, 4) is 6.07 Å². The fourth-order valence-corrected chi connectivity index (χ4v) is 2.74. The molecule has 82 valence electrons. The number of nitriles is 1. The molecule has 0 aliphatic rings. The van der Waals surface area contributed by atoms with Crippen molar-refractivity contribution < 1.29 is 5.11 Å². The van der Waals surface area contributed by atoms with E-state index in [-0.39, 0.29) is 12.6 Å². The standard InChI is InChI=1S/C10H13BrN2OS/c1-7-8(11)5-10(15-7)9(6-12)13-3-2-4-14/h5,9,13-14H,2-4H2,1H3. The lowest BCUT2D eigenvalue weighted by atomic mass is 10.2. The summed E-state index contributed by atoms with van der Waals surface area (Å²) >= 11 is 5.04. The summed E-state index contributed by atoms with van der Waals surface area (Å²) in [5.41, 5.74) is 0. The van der Waals surface area contributed by atoms with E-state index in [0.29, 0.717) is 13.0 Å². The topological polar surface area (TPSA) is 56.0 Å². The lowest BCUT2D eigenvalue weighted by molar-refractivity contribution is 0.285. The first kappa shape index (κ1) is 12.7. The highest BCUT2D eigenvalue weighted by Crippen LogP contribution is 2.30. The summed E-state index contributed by atoms with van der Waals surface area (Å²) in [4.78, 5) is 2.19. The van der Waals surface area contributed by atoms with E-state index in [1.54, 1.807) is 11.3 Å². The zero-order valence-corrected chi connectivity index (χ0v) is 10.9. The molecule has 1 aromatic heterocycles. The Morgan fingerprint density at radius 1 is 1.73 bits per heavy atom. The van der Waals surface area contributed by atoms with Crippen molar-refractivity contribution in [2.24, 2.45) is 0 Å². The Labute approximate surface area is 102 Å². The van der Waals surface area contributed by atoms with Crippen LogP contribution in [0.4, 0.5) is 0 Å². The molecule has 2 N–H and O–H groups in total. The van der Waals surface area contributed by atoms with Gasteiger partial charge in [0, 0.05) is 20.8 Å². The molecule has 1 atom stereocenters. The van der Waals surface area contributed by atoms with E-state index in [2.05, 4.69) is 27.3 Å². The van der Waals surface area contributed by atoms with E-state index in [1.165, 1.54) is 4.88 Å². The number of aryl methyl sites for hydroxylation is 1. The number of thiophene rings is 1. The van der Waals surface area contributed by atoms with Crippen LogP contribution in [0, 0.1) is 18.3 Å². The minimum absolute atomic E-state index is 0.151. The third-order valence-electron chi connectivity index (χ3n) is 1.97. The van der Waals surface area contributed by atoms with Crippen LogP contribution >= 0.6 is 27.3 Å². The van der Waals surface area contributed by atoms with Crippen LogP contribution in [0.25, 0.3) is 0 Å². The average molecular weight is 289 g/mol. The number of hydrogen-bond donors (Lipinski definition) is 2. The number of halogens is 1. The minimum atomic E-state index is -0.272. The summed E-state index contributed by atoms with van der Waals surface area (Å²) in [6.45, 7) is 2.82. The second-order valence-electron chi connectivity index (χ2n) is 3.15. The fourth-order valence-electron chi connectivity index (χ4n) is 1.16. The number of nitrogens with one attached hydrogen (secondary N) is 1. The number of hydrogen-bond acceptors (Lipinski definition) is 4. The van der Waals surface area contributed by atoms with Crippen LogP contribution in [-0.4, -0.2) is 18.3 Å². The van der Waals surface area contributed by atoms with E-state index in [1.807, 2.05) is 13.0 Å². The molecule has 1 heterocycles. The van der Waals surface area contributed by atoms with Crippen molar-refractivity contribution >= 4 is 27.3 Å². The third kappa shape index (κ3) is 3.58. The molecule has 1 aromatic rings. The van der Waals surface area contributed by atoms with Crippen molar-refractivity contribution in [3.63, 3.8) is 0 Å². The predicted octanol–water partition coefficient (Wildman–Crippen LogP) is 2.36. The van der Waals surface area contributed by atoms with Gasteiger partial charge in [0.2, 0.25) is 0 Å². The SMILES string of the molecule is Cc1sc(C(C#N)NCCCO)cc1Br. The quantitative estimate of drug-likeness (QED) is 0.818. The predicted molar refractivity (Wildman–Crippen MR) is 64.8 cm³/mol. The minimum Gasteiger partial charge on any atom is -0.396 e. The molecule has 0 radical (unpaired) electrons. The van der Waals surface area contributed by atoms with E-state index >= 15 is 0 Å². The van der Waals surface area contributed by atoms with Gasteiger partial charge < -0.3 is 5.11 Å². The number of nitrogens with zero attached hydrogens (tertiary/aromatic N) is 1. The van der Waals surface area contributed by atoms with E-state index in [0.717, 1.165) is 9.35 Å². The molecule has 0 amide bonds. The van der Waals surface area contributed by atoms with Crippen molar-refractivity contribution in [1.82, 2.24) is 5.32 Å². The molecule has 1 unspecified atom stereocenters. The maximum absolute atomic E-state index is 9.00. The number of aliphatic hydroxyl groups excluding tert-OH is 1. The van der Waals surface area contributed by atoms with Gasteiger partial charge in [0.15, 0.2) is 0 Å². The van der Waals surface area contributed by atoms with Gasteiger partial charge in [-0.25, -0.2) is 0 Å². The Morgan fingerprint density at radius 2 is 2.47 bits per heavy atom. The van der Waals surface area contributed by atoms with E-state index in [9.17, 15) is 0 Å². The fraction of sp³-hybridized carbons (Fsp3) is 0.500. The van der Waals surface area contributed by atoms with Crippen LogP contribution in [0.2, 0.25) is 0 Å². The van der Waals surface area contributed by atoms with Gasteiger partial charge in [-0.1, -0.05) is 0 Å². The van der Waals surface area contributed by atoms with Gasteiger partial charge in [-0.15, -0.1) is 11.3 Å². The van der Waals surface area contributed by atoms with Crippen molar-refractivity contribution in [1.29, 1.82) is 5.26 Å². The maximum Gasteiger partial charge on any atom is 0.130 e. The molecule has 0 bridgehead atoms. The molecule has 0 saturated heterocycles. The Morgan fingerprint density at radius 3 is 2.93 bits per heavy atom. The average Bonchev–Trinajstić information content (AvgIpc) is 2.54. The second kappa shape index (κ2) is 6.23. The highest BCUT2D eigenvalue weighted by Gasteiger charge is 2.13.